The number of fused-ring (bicyclic) bond motifs is 1. The Morgan fingerprint density at radius 2 is 1.58 bits per heavy atom. The summed E-state index contributed by atoms with van der Waals surface area (Å²) in [4.78, 5) is 27.5. The van der Waals surface area contributed by atoms with Crippen molar-refractivity contribution < 1.29 is 23.8 Å². The number of nitrogens with zero attached hydrogens (tertiary/aromatic N) is 1. The zero-order valence-electron chi connectivity index (χ0n) is 21.6. The standard InChI is InChI=1S/C30H32FNO4/c1-17-10-12-20(13-11-17)25-18(2)23-15-32(28(33)21-8-7-9-22(31)14-21)16-24(23)19(3)26(25)27(29(34)35)36-30(4,5)6/h7-14,27H,15-16H2,1-6H3,(H,34,35)/t27-/m0/s1. The Hall–Kier alpha value is -3.51. The summed E-state index contributed by atoms with van der Waals surface area (Å²) < 4.78 is 19.9. The first kappa shape index (κ1) is 25.6. The molecule has 1 N–H and O–H groups in total. The van der Waals surface area contributed by atoms with Crippen molar-refractivity contribution in [1.82, 2.24) is 4.90 Å². The molecule has 5 nitrogen and oxygen atoms in total. The highest BCUT2D eigenvalue weighted by atomic mass is 19.1. The highest BCUT2D eigenvalue weighted by Gasteiger charge is 2.36. The van der Waals surface area contributed by atoms with Gasteiger partial charge in [-0.25, -0.2) is 9.18 Å². The van der Waals surface area contributed by atoms with Gasteiger partial charge in [-0.05, 0) is 93.1 Å². The van der Waals surface area contributed by atoms with Crippen molar-refractivity contribution in [3.63, 3.8) is 0 Å². The Morgan fingerprint density at radius 1 is 0.972 bits per heavy atom. The number of carbonyl (C=O) groups excluding carboxylic acids is 1. The van der Waals surface area contributed by atoms with Crippen LogP contribution in [-0.2, 0) is 22.6 Å². The van der Waals surface area contributed by atoms with E-state index in [1.807, 2.05) is 65.8 Å². The van der Waals surface area contributed by atoms with Gasteiger partial charge in [0.25, 0.3) is 5.91 Å². The first-order chi connectivity index (χ1) is 16.9. The fraction of sp³-hybridized carbons (Fsp3) is 0.333. The molecule has 0 aromatic heterocycles. The van der Waals surface area contributed by atoms with Crippen LogP contribution in [0.3, 0.4) is 0 Å². The second kappa shape index (κ2) is 9.51. The summed E-state index contributed by atoms with van der Waals surface area (Å²) in [5.74, 6) is -1.78. The molecule has 36 heavy (non-hydrogen) atoms. The molecule has 0 bridgehead atoms. The summed E-state index contributed by atoms with van der Waals surface area (Å²) in [5, 5.41) is 10.3. The van der Waals surface area contributed by atoms with Gasteiger partial charge in [0.15, 0.2) is 6.10 Å². The lowest BCUT2D eigenvalue weighted by atomic mass is 9.83. The third-order valence-corrected chi connectivity index (χ3v) is 6.67. The number of aliphatic carboxylic acids is 1. The fourth-order valence-corrected chi connectivity index (χ4v) is 4.98. The van der Waals surface area contributed by atoms with Crippen LogP contribution < -0.4 is 0 Å². The summed E-state index contributed by atoms with van der Waals surface area (Å²) in [7, 11) is 0. The predicted octanol–water partition coefficient (Wildman–Crippen LogP) is 6.51. The minimum Gasteiger partial charge on any atom is -0.479 e. The number of halogens is 1. The molecule has 1 aliphatic rings. The van der Waals surface area contributed by atoms with Gasteiger partial charge in [0, 0.05) is 24.2 Å². The molecule has 0 unspecified atom stereocenters. The quantitative estimate of drug-likeness (QED) is 0.443. The molecular weight excluding hydrogens is 457 g/mol. The number of amides is 1. The number of hydrogen-bond donors (Lipinski definition) is 1. The number of carbonyl (C=O) groups is 2. The molecular formula is C30H32FNO4. The highest BCUT2D eigenvalue weighted by Crippen LogP contribution is 2.43. The van der Waals surface area contributed by atoms with Crippen molar-refractivity contribution >= 4 is 11.9 Å². The second-order valence-electron chi connectivity index (χ2n) is 10.5. The molecule has 0 radical (unpaired) electrons. The molecule has 1 atom stereocenters. The summed E-state index contributed by atoms with van der Waals surface area (Å²) in [6.07, 6.45) is -1.18. The van der Waals surface area contributed by atoms with E-state index in [1.54, 1.807) is 11.0 Å². The molecule has 0 saturated heterocycles. The van der Waals surface area contributed by atoms with Crippen LogP contribution in [0.2, 0.25) is 0 Å². The van der Waals surface area contributed by atoms with Gasteiger partial charge in [-0.3, -0.25) is 4.79 Å². The normalized spacial score (nSPS) is 14.0. The van der Waals surface area contributed by atoms with Crippen LogP contribution in [0.25, 0.3) is 11.1 Å². The van der Waals surface area contributed by atoms with Crippen molar-refractivity contribution in [2.45, 2.75) is 66.3 Å². The van der Waals surface area contributed by atoms with Crippen molar-refractivity contribution in [3.8, 4) is 11.1 Å². The van der Waals surface area contributed by atoms with E-state index in [0.29, 0.717) is 18.7 Å². The third kappa shape index (κ3) is 4.91. The Balaban J connectivity index is 1.89. The monoisotopic (exact) mass is 489 g/mol. The number of ether oxygens (including phenoxy) is 1. The number of rotatable bonds is 5. The van der Waals surface area contributed by atoms with Gasteiger partial charge in [-0.2, -0.15) is 0 Å². The van der Waals surface area contributed by atoms with Gasteiger partial charge in [0.05, 0.1) is 5.60 Å². The fourth-order valence-electron chi connectivity index (χ4n) is 4.98. The van der Waals surface area contributed by atoms with E-state index < -0.39 is 23.5 Å². The van der Waals surface area contributed by atoms with Crippen molar-refractivity contribution in [2.75, 3.05) is 0 Å². The maximum Gasteiger partial charge on any atom is 0.337 e. The van der Waals surface area contributed by atoms with Gasteiger partial charge < -0.3 is 14.7 Å². The summed E-state index contributed by atoms with van der Waals surface area (Å²) in [6.45, 7) is 12.1. The van der Waals surface area contributed by atoms with Gasteiger partial charge >= 0.3 is 5.97 Å². The van der Waals surface area contributed by atoms with Crippen molar-refractivity contribution in [2.24, 2.45) is 0 Å². The minimum atomic E-state index is -1.18. The molecule has 3 aromatic rings. The van der Waals surface area contributed by atoms with E-state index in [2.05, 4.69) is 0 Å². The molecule has 3 aromatic carbocycles. The molecule has 188 valence electrons. The SMILES string of the molecule is Cc1ccc(-c2c(C)c3c(c(C)c2[C@H](OC(C)(C)C)C(=O)O)CN(C(=O)c2cccc(F)c2)C3)cc1. The van der Waals surface area contributed by atoms with Crippen LogP contribution in [0, 0.1) is 26.6 Å². The average Bonchev–Trinajstić information content (AvgIpc) is 3.26. The Morgan fingerprint density at radius 3 is 2.14 bits per heavy atom. The number of benzene rings is 3. The van der Waals surface area contributed by atoms with E-state index in [-0.39, 0.29) is 11.5 Å². The van der Waals surface area contributed by atoms with Crippen LogP contribution in [0.1, 0.15) is 70.6 Å². The number of carboxylic acid groups (broad SMARTS) is 1. The smallest absolute Gasteiger partial charge is 0.337 e. The lowest BCUT2D eigenvalue weighted by molar-refractivity contribution is -0.160. The molecule has 1 heterocycles. The molecule has 6 heteroatoms. The molecule has 0 spiro atoms. The first-order valence-electron chi connectivity index (χ1n) is 12.0. The number of aryl methyl sites for hydroxylation is 1. The third-order valence-electron chi connectivity index (χ3n) is 6.67. The first-order valence-corrected chi connectivity index (χ1v) is 12.0. The summed E-state index contributed by atoms with van der Waals surface area (Å²) in [6, 6.07) is 13.7. The maximum absolute atomic E-state index is 13.8. The zero-order valence-corrected chi connectivity index (χ0v) is 21.6. The lowest BCUT2D eigenvalue weighted by Gasteiger charge is -2.29. The Labute approximate surface area is 211 Å². The lowest BCUT2D eigenvalue weighted by Crippen LogP contribution is -2.28. The average molecular weight is 490 g/mol. The molecule has 0 saturated carbocycles. The van der Waals surface area contributed by atoms with E-state index in [0.717, 1.165) is 38.9 Å². The summed E-state index contributed by atoms with van der Waals surface area (Å²) in [5.41, 5.74) is 6.68. The summed E-state index contributed by atoms with van der Waals surface area (Å²) >= 11 is 0. The molecule has 0 aliphatic carbocycles. The molecule has 4 rings (SSSR count). The Bertz CT molecular complexity index is 1340. The number of carboxylic acids is 1. The second-order valence-corrected chi connectivity index (χ2v) is 10.5. The van der Waals surface area contributed by atoms with Crippen LogP contribution in [0.4, 0.5) is 4.39 Å². The zero-order chi connectivity index (χ0) is 26.4. The number of hydrogen-bond acceptors (Lipinski definition) is 3. The van der Waals surface area contributed by atoms with E-state index in [9.17, 15) is 19.1 Å². The van der Waals surface area contributed by atoms with E-state index in [1.165, 1.54) is 18.2 Å². The largest absolute Gasteiger partial charge is 0.479 e. The van der Waals surface area contributed by atoms with Gasteiger partial charge in [0.1, 0.15) is 5.82 Å². The van der Waals surface area contributed by atoms with Gasteiger partial charge in [0.2, 0.25) is 0 Å². The molecule has 1 amide bonds. The van der Waals surface area contributed by atoms with Crippen LogP contribution in [-0.4, -0.2) is 27.5 Å². The van der Waals surface area contributed by atoms with E-state index in [4.69, 9.17) is 4.74 Å². The van der Waals surface area contributed by atoms with Crippen LogP contribution >= 0.6 is 0 Å². The Kier molecular flexibility index (Phi) is 6.76. The van der Waals surface area contributed by atoms with Crippen molar-refractivity contribution in [1.29, 1.82) is 0 Å². The van der Waals surface area contributed by atoms with Gasteiger partial charge in [-0.1, -0.05) is 35.9 Å². The van der Waals surface area contributed by atoms with Crippen LogP contribution in [0.15, 0.2) is 48.5 Å². The highest BCUT2D eigenvalue weighted by molar-refractivity contribution is 5.95. The topological polar surface area (TPSA) is 66.8 Å². The van der Waals surface area contributed by atoms with Gasteiger partial charge in [-0.15, -0.1) is 0 Å². The van der Waals surface area contributed by atoms with Crippen LogP contribution in [0.5, 0.6) is 0 Å². The maximum atomic E-state index is 13.8. The predicted molar refractivity (Wildman–Crippen MR) is 137 cm³/mol. The molecule has 0 fully saturated rings. The molecule has 1 aliphatic heterocycles. The van der Waals surface area contributed by atoms with E-state index >= 15 is 0 Å². The minimum absolute atomic E-state index is 0.260. The van der Waals surface area contributed by atoms with Crippen molar-refractivity contribution in [3.05, 3.63) is 93.3 Å².